The van der Waals surface area contributed by atoms with Gasteiger partial charge in [0.25, 0.3) is 5.56 Å². The lowest BCUT2D eigenvalue weighted by Gasteiger charge is -2.20. The molecule has 2 amide bonds. The highest BCUT2D eigenvalue weighted by molar-refractivity contribution is 5.84. The Bertz CT molecular complexity index is 702. The second-order valence-corrected chi connectivity index (χ2v) is 5.02. The minimum atomic E-state index is -0.599. The summed E-state index contributed by atoms with van der Waals surface area (Å²) in [6.07, 6.45) is 0. The van der Waals surface area contributed by atoms with Crippen LogP contribution in [0.25, 0.3) is 0 Å². The molecule has 1 rings (SSSR count). The first-order chi connectivity index (χ1) is 10.8. The molecule has 0 saturated carbocycles. The molecule has 124 valence electrons. The van der Waals surface area contributed by atoms with Gasteiger partial charge in [0.15, 0.2) is 0 Å². The summed E-state index contributed by atoms with van der Waals surface area (Å²) in [4.78, 5) is 37.4. The number of aryl methyl sites for hydroxylation is 1. The van der Waals surface area contributed by atoms with Gasteiger partial charge < -0.3 is 10.2 Å². The number of nitriles is 1. The molecule has 0 fully saturated rings. The van der Waals surface area contributed by atoms with Crippen LogP contribution in [0.3, 0.4) is 0 Å². The van der Waals surface area contributed by atoms with Crippen molar-refractivity contribution in [2.45, 2.75) is 34.2 Å². The van der Waals surface area contributed by atoms with E-state index in [0.717, 1.165) is 4.68 Å². The largest absolute Gasteiger partial charge is 0.355 e. The molecule has 1 aromatic rings. The van der Waals surface area contributed by atoms with E-state index in [1.807, 2.05) is 6.07 Å². The summed E-state index contributed by atoms with van der Waals surface area (Å²) in [5, 5.41) is 15.7. The summed E-state index contributed by atoms with van der Waals surface area (Å²) in [5.41, 5.74) is 0.409. The number of rotatable bonds is 6. The Morgan fingerprint density at radius 3 is 2.52 bits per heavy atom. The van der Waals surface area contributed by atoms with Crippen molar-refractivity contribution < 1.29 is 9.59 Å². The van der Waals surface area contributed by atoms with Gasteiger partial charge in [-0.1, -0.05) is 0 Å². The molecule has 0 radical (unpaired) electrons. The van der Waals surface area contributed by atoms with E-state index in [0.29, 0.717) is 24.3 Å². The van der Waals surface area contributed by atoms with E-state index in [2.05, 4.69) is 10.4 Å². The van der Waals surface area contributed by atoms with E-state index in [1.165, 1.54) is 4.90 Å². The van der Waals surface area contributed by atoms with E-state index in [4.69, 9.17) is 5.26 Å². The van der Waals surface area contributed by atoms with Crippen LogP contribution in [0.15, 0.2) is 4.79 Å². The van der Waals surface area contributed by atoms with Crippen LogP contribution in [0.2, 0.25) is 0 Å². The van der Waals surface area contributed by atoms with E-state index in [-0.39, 0.29) is 24.6 Å². The summed E-state index contributed by atoms with van der Waals surface area (Å²) in [7, 11) is 0. The van der Waals surface area contributed by atoms with E-state index >= 15 is 0 Å². The lowest BCUT2D eigenvalue weighted by Crippen LogP contribution is -2.43. The summed E-state index contributed by atoms with van der Waals surface area (Å²) < 4.78 is 0.976. The van der Waals surface area contributed by atoms with Crippen LogP contribution in [-0.4, -0.2) is 46.1 Å². The summed E-state index contributed by atoms with van der Waals surface area (Å²) in [5.74, 6) is -0.665. The van der Waals surface area contributed by atoms with Crippen LogP contribution in [0, 0.1) is 25.2 Å². The quantitative estimate of drug-likeness (QED) is 0.775. The Morgan fingerprint density at radius 2 is 2.00 bits per heavy atom. The van der Waals surface area contributed by atoms with Crippen molar-refractivity contribution in [3.63, 3.8) is 0 Å². The molecular weight excluding hydrogens is 298 g/mol. The normalized spacial score (nSPS) is 10.0. The SMILES string of the molecule is CCNC(=O)CN(CC)C(=O)Cn1nc(C)c(C)c(C#N)c1=O. The van der Waals surface area contributed by atoms with Crippen LogP contribution in [-0.2, 0) is 16.1 Å². The first kappa shape index (κ1) is 18.4. The van der Waals surface area contributed by atoms with Gasteiger partial charge in [0.2, 0.25) is 11.8 Å². The van der Waals surface area contributed by atoms with Crippen molar-refractivity contribution in [1.82, 2.24) is 20.0 Å². The average molecular weight is 319 g/mol. The van der Waals surface area contributed by atoms with Gasteiger partial charge in [-0.25, -0.2) is 4.68 Å². The average Bonchev–Trinajstić information content (AvgIpc) is 2.51. The number of amides is 2. The summed E-state index contributed by atoms with van der Waals surface area (Å²) >= 11 is 0. The van der Waals surface area contributed by atoms with Crippen molar-refractivity contribution in [1.29, 1.82) is 5.26 Å². The van der Waals surface area contributed by atoms with E-state index < -0.39 is 11.5 Å². The maximum atomic E-state index is 12.3. The molecule has 0 aromatic carbocycles. The molecule has 0 spiro atoms. The van der Waals surface area contributed by atoms with Crippen molar-refractivity contribution in [3.05, 3.63) is 27.2 Å². The highest BCUT2D eigenvalue weighted by atomic mass is 16.2. The van der Waals surface area contributed by atoms with E-state index in [9.17, 15) is 14.4 Å². The Balaban J connectivity index is 3.01. The third-order valence-corrected chi connectivity index (χ3v) is 3.48. The first-order valence-corrected chi connectivity index (χ1v) is 7.38. The molecule has 0 aliphatic rings. The molecule has 8 heteroatoms. The highest BCUT2D eigenvalue weighted by Gasteiger charge is 2.19. The number of nitrogens with zero attached hydrogens (tertiary/aromatic N) is 4. The van der Waals surface area contributed by atoms with Gasteiger partial charge in [-0.2, -0.15) is 10.4 Å². The Morgan fingerprint density at radius 1 is 1.35 bits per heavy atom. The van der Waals surface area contributed by atoms with Crippen LogP contribution in [0.4, 0.5) is 0 Å². The van der Waals surface area contributed by atoms with Crippen LogP contribution in [0.1, 0.15) is 30.7 Å². The van der Waals surface area contributed by atoms with Gasteiger partial charge in [-0.15, -0.1) is 0 Å². The number of nitrogens with one attached hydrogen (secondary N) is 1. The molecule has 1 aromatic heterocycles. The molecular formula is C15H21N5O3. The smallest absolute Gasteiger partial charge is 0.285 e. The lowest BCUT2D eigenvalue weighted by molar-refractivity contribution is -0.136. The zero-order chi connectivity index (χ0) is 17.6. The van der Waals surface area contributed by atoms with Crippen molar-refractivity contribution in [2.24, 2.45) is 0 Å². The fourth-order valence-corrected chi connectivity index (χ4v) is 2.04. The van der Waals surface area contributed by atoms with Crippen molar-refractivity contribution in [3.8, 4) is 6.07 Å². The molecule has 0 aliphatic heterocycles. The number of carbonyl (C=O) groups excluding carboxylic acids is 2. The summed E-state index contributed by atoms with van der Waals surface area (Å²) in [6.45, 7) is 7.28. The maximum absolute atomic E-state index is 12.3. The highest BCUT2D eigenvalue weighted by Crippen LogP contribution is 2.04. The van der Waals surface area contributed by atoms with Gasteiger partial charge in [0, 0.05) is 13.1 Å². The standard InChI is InChI=1S/C15H21N5O3/c1-5-17-13(21)8-19(6-2)14(22)9-20-15(23)12(7-16)10(3)11(4)18-20/h5-6,8-9H2,1-4H3,(H,17,21). The molecule has 0 saturated heterocycles. The van der Waals surface area contributed by atoms with Gasteiger partial charge in [-0.3, -0.25) is 14.4 Å². The predicted molar refractivity (Wildman–Crippen MR) is 83.6 cm³/mol. The number of likely N-dealkylation sites (N-methyl/N-ethyl adjacent to an activating group) is 2. The maximum Gasteiger partial charge on any atom is 0.285 e. The molecule has 0 aliphatic carbocycles. The van der Waals surface area contributed by atoms with Crippen LogP contribution >= 0.6 is 0 Å². The second kappa shape index (κ2) is 8.08. The minimum absolute atomic E-state index is 0.0166. The van der Waals surface area contributed by atoms with Gasteiger partial charge in [0.05, 0.1) is 12.2 Å². The molecule has 0 atom stereocenters. The van der Waals surface area contributed by atoms with Crippen molar-refractivity contribution >= 4 is 11.8 Å². The molecule has 23 heavy (non-hydrogen) atoms. The molecule has 0 unspecified atom stereocenters. The molecule has 0 bridgehead atoms. The van der Waals surface area contributed by atoms with Crippen molar-refractivity contribution in [2.75, 3.05) is 19.6 Å². The lowest BCUT2D eigenvalue weighted by atomic mass is 10.1. The predicted octanol–water partition coefficient (Wildman–Crippen LogP) is -0.284. The summed E-state index contributed by atoms with van der Waals surface area (Å²) in [6, 6.07) is 1.85. The van der Waals surface area contributed by atoms with Gasteiger partial charge in [0.1, 0.15) is 18.2 Å². The fraction of sp³-hybridized carbons (Fsp3) is 0.533. The monoisotopic (exact) mass is 319 g/mol. The van der Waals surface area contributed by atoms with Crippen LogP contribution < -0.4 is 10.9 Å². The second-order valence-electron chi connectivity index (χ2n) is 5.02. The fourth-order valence-electron chi connectivity index (χ4n) is 2.04. The minimum Gasteiger partial charge on any atom is -0.355 e. The molecule has 8 nitrogen and oxygen atoms in total. The number of aromatic nitrogens is 2. The topological polar surface area (TPSA) is 108 Å². The third-order valence-electron chi connectivity index (χ3n) is 3.48. The Kier molecular flexibility index (Phi) is 6.45. The zero-order valence-corrected chi connectivity index (χ0v) is 13.8. The first-order valence-electron chi connectivity index (χ1n) is 7.38. The van der Waals surface area contributed by atoms with Gasteiger partial charge in [-0.05, 0) is 33.3 Å². The number of carbonyl (C=O) groups is 2. The van der Waals surface area contributed by atoms with Gasteiger partial charge >= 0.3 is 0 Å². The molecule has 1 N–H and O–H groups in total. The van der Waals surface area contributed by atoms with Crippen LogP contribution in [0.5, 0.6) is 0 Å². The Hall–Kier alpha value is -2.69. The number of hydrogen-bond donors (Lipinski definition) is 1. The molecule has 1 heterocycles. The third kappa shape index (κ3) is 4.39. The number of hydrogen-bond acceptors (Lipinski definition) is 5. The van der Waals surface area contributed by atoms with E-state index in [1.54, 1.807) is 27.7 Å². The Labute approximate surface area is 134 Å². The zero-order valence-electron chi connectivity index (χ0n) is 13.8.